The summed E-state index contributed by atoms with van der Waals surface area (Å²) in [5.74, 6) is 3.08. The molecule has 174 valence electrons. The lowest BCUT2D eigenvalue weighted by atomic mass is 9.70. The molecule has 0 heterocycles. The molecular formula is C31H50. The molecule has 0 saturated heterocycles. The zero-order valence-electron chi connectivity index (χ0n) is 20.8. The Bertz CT molecular complexity index is 614. The van der Waals surface area contributed by atoms with Gasteiger partial charge < -0.3 is 0 Å². The third-order valence-corrected chi connectivity index (χ3v) is 8.40. The van der Waals surface area contributed by atoms with Crippen LogP contribution in [-0.2, 0) is 12.8 Å². The van der Waals surface area contributed by atoms with Crippen LogP contribution in [0.25, 0.3) is 0 Å². The molecule has 1 aromatic rings. The molecule has 0 bridgehead atoms. The topological polar surface area (TPSA) is 0 Å². The molecule has 31 heavy (non-hydrogen) atoms. The van der Waals surface area contributed by atoms with Crippen molar-refractivity contribution in [2.75, 3.05) is 0 Å². The molecule has 2 aliphatic rings. The van der Waals surface area contributed by atoms with E-state index in [1.54, 1.807) is 5.57 Å². The van der Waals surface area contributed by atoms with Gasteiger partial charge >= 0.3 is 0 Å². The number of hydrogen-bond donors (Lipinski definition) is 0. The summed E-state index contributed by atoms with van der Waals surface area (Å²) in [6.45, 7) is 4.61. The molecule has 0 aromatic heterocycles. The van der Waals surface area contributed by atoms with Crippen LogP contribution in [0, 0.1) is 17.8 Å². The van der Waals surface area contributed by atoms with E-state index in [1.807, 2.05) is 0 Å². The van der Waals surface area contributed by atoms with Crippen LogP contribution in [0.4, 0.5) is 0 Å². The van der Waals surface area contributed by atoms with Crippen LogP contribution >= 0.6 is 0 Å². The zero-order chi connectivity index (χ0) is 21.7. The highest BCUT2D eigenvalue weighted by Gasteiger charge is 2.28. The summed E-state index contributed by atoms with van der Waals surface area (Å²) in [4.78, 5) is 0. The number of aryl methyl sites for hydroxylation is 2. The fourth-order valence-corrected chi connectivity index (χ4v) is 6.13. The maximum absolute atomic E-state index is 2.64. The van der Waals surface area contributed by atoms with Crippen LogP contribution in [0.3, 0.4) is 0 Å². The normalized spacial score (nSPS) is 24.2. The lowest BCUT2D eigenvalue weighted by Gasteiger charge is -2.35. The highest BCUT2D eigenvalue weighted by molar-refractivity contribution is 5.24. The van der Waals surface area contributed by atoms with E-state index in [0.29, 0.717) is 0 Å². The number of unbranched alkanes of at least 4 members (excludes halogenated alkanes) is 5. The Morgan fingerprint density at radius 1 is 0.645 bits per heavy atom. The van der Waals surface area contributed by atoms with E-state index in [9.17, 15) is 0 Å². The van der Waals surface area contributed by atoms with E-state index >= 15 is 0 Å². The molecule has 2 aliphatic carbocycles. The van der Waals surface area contributed by atoms with Crippen molar-refractivity contribution in [2.24, 2.45) is 17.8 Å². The molecule has 0 amide bonds. The fraction of sp³-hybridized carbons (Fsp3) is 0.742. The number of hydrogen-bond acceptors (Lipinski definition) is 0. The SMILES string of the molecule is CCCCCCC1CCC(C2CC=C(CCc3ccc(CCCCC)cc3)CC2)CC1. The van der Waals surface area contributed by atoms with Gasteiger partial charge in [-0.05, 0) is 86.7 Å². The molecule has 0 nitrogen and oxygen atoms in total. The summed E-state index contributed by atoms with van der Waals surface area (Å²) in [7, 11) is 0. The maximum atomic E-state index is 2.64. The quantitative estimate of drug-likeness (QED) is 0.219. The smallest absolute Gasteiger partial charge is 0.0241 e. The Balaban J connectivity index is 1.32. The van der Waals surface area contributed by atoms with Crippen molar-refractivity contribution >= 4 is 0 Å². The summed E-state index contributed by atoms with van der Waals surface area (Å²) in [6.07, 6.45) is 28.0. The first-order chi connectivity index (χ1) is 15.3. The van der Waals surface area contributed by atoms with Crippen molar-refractivity contribution in [1.82, 2.24) is 0 Å². The van der Waals surface area contributed by atoms with E-state index in [1.165, 1.54) is 127 Å². The lowest BCUT2D eigenvalue weighted by Crippen LogP contribution is -2.23. The van der Waals surface area contributed by atoms with Gasteiger partial charge in [0.15, 0.2) is 0 Å². The van der Waals surface area contributed by atoms with Crippen molar-refractivity contribution < 1.29 is 0 Å². The Morgan fingerprint density at radius 3 is 1.97 bits per heavy atom. The van der Waals surface area contributed by atoms with Crippen molar-refractivity contribution in [2.45, 2.75) is 129 Å². The van der Waals surface area contributed by atoms with E-state index in [4.69, 9.17) is 0 Å². The molecule has 0 spiro atoms. The molecule has 1 atom stereocenters. The summed E-state index contributed by atoms with van der Waals surface area (Å²) < 4.78 is 0. The van der Waals surface area contributed by atoms with Crippen LogP contribution in [0.15, 0.2) is 35.9 Å². The van der Waals surface area contributed by atoms with E-state index in [0.717, 1.165) is 17.8 Å². The van der Waals surface area contributed by atoms with Gasteiger partial charge in [-0.1, -0.05) is 108 Å². The van der Waals surface area contributed by atoms with Crippen molar-refractivity contribution in [3.63, 3.8) is 0 Å². The Morgan fingerprint density at radius 2 is 1.32 bits per heavy atom. The lowest BCUT2D eigenvalue weighted by molar-refractivity contribution is 0.185. The van der Waals surface area contributed by atoms with E-state index in [2.05, 4.69) is 44.2 Å². The van der Waals surface area contributed by atoms with Gasteiger partial charge in [0, 0.05) is 0 Å². The molecule has 1 aromatic carbocycles. The Labute approximate surface area is 194 Å². The minimum Gasteiger partial charge on any atom is -0.0850 e. The summed E-state index contributed by atoms with van der Waals surface area (Å²) in [6, 6.07) is 9.51. The van der Waals surface area contributed by atoms with Gasteiger partial charge in [-0.25, -0.2) is 0 Å². The first kappa shape index (κ1) is 24.6. The molecule has 3 rings (SSSR count). The minimum atomic E-state index is 0.993. The van der Waals surface area contributed by atoms with Gasteiger partial charge in [-0.2, -0.15) is 0 Å². The number of benzene rings is 1. The predicted octanol–water partition coefficient (Wildman–Crippen LogP) is 9.86. The molecule has 1 unspecified atom stereocenters. The molecule has 0 heteroatoms. The molecular weight excluding hydrogens is 372 g/mol. The second kappa shape index (κ2) is 14.2. The molecule has 0 radical (unpaired) electrons. The van der Waals surface area contributed by atoms with Crippen LogP contribution in [0.5, 0.6) is 0 Å². The van der Waals surface area contributed by atoms with Gasteiger partial charge in [-0.3, -0.25) is 0 Å². The Hall–Kier alpha value is -1.04. The average molecular weight is 423 g/mol. The average Bonchev–Trinajstić information content (AvgIpc) is 2.82. The first-order valence-corrected chi connectivity index (χ1v) is 14.0. The van der Waals surface area contributed by atoms with Crippen LogP contribution < -0.4 is 0 Å². The minimum absolute atomic E-state index is 0.993. The van der Waals surface area contributed by atoms with Gasteiger partial charge in [0.1, 0.15) is 0 Å². The van der Waals surface area contributed by atoms with Gasteiger partial charge in [-0.15, -0.1) is 0 Å². The predicted molar refractivity (Wildman–Crippen MR) is 138 cm³/mol. The summed E-state index contributed by atoms with van der Waals surface area (Å²) in [5, 5.41) is 0. The zero-order valence-corrected chi connectivity index (χ0v) is 20.8. The number of rotatable bonds is 13. The fourth-order valence-electron chi connectivity index (χ4n) is 6.13. The van der Waals surface area contributed by atoms with Crippen LogP contribution in [-0.4, -0.2) is 0 Å². The van der Waals surface area contributed by atoms with Crippen LogP contribution in [0.2, 0.25) is 0 Å². The maximum Gasteiger partial charge on any atom is -0.0241 e. The van der Waals surface area contributed by atoms with Gasteiger partial charge in [0.25, 0.3) is 0 Å². The molecule has 1 saturated carbocycles. The summed E-state index contributed by atoms with van der Waals surface area (Å²) >= 11 is 0. The van der Waals surface area contributed by atoms with Crippen molar-refractivity contribution in [3.8, 4) is 0 Å². The van der Waals surface area contributed by atoms with Crippen molar-refractivity contribution in [1.29, 1.82) is 0 Å². The summed E-state index contributed by atoms with van der Waals surface area (Å²) in [5.41, 5.74) is 4.79. The molecule has 0 N–H and O–H groups in total. The second-order valence-corrected chi connectivity index (χ2v) is 10.8. The molecule has 1 fully saturated rings. The molecule has 0 aliphatic heterocycles. The highest BCUT2D eigenvalue weighted by atomic mass is 14.3. The Kier molecular flexibility index (Phi) is 11.3. The first-order valence-electron chi connectivity index (χ1n) is 14.0. The van der Waals surface area contributed by atoms with Gasteiger partial charge in [0.05, 0.1) is 0 Å². The largest absolute Gasteiger partial charge is 0.0850 e. The van der Waals surface area contributed by atoms with Crippen molar-refractivity contribution in [3.05, 3.63) is 47.0 Å². The number of allylic oxidation sites excluding steroid dienone is 2. The standard InChI is InChI=1S/C31H50/c1-3-5-7-9-11-27-18-22-30(23-19-27)31-24-20-29(21-25-31)17-16-28-14-12-26(13-15-28)10-8-6-4-2/h12-15,20,27,30-31H,3-11,16-19,21-25H2,1-2H3. The van der Waals surface area contributed by atoms with E-state index < -0.39 is 0 Å². The third-order valence-electron chi connectivity index (χ3n) is 8.40. The highest BCUT2D eigenvalue weighted by Crippen LogP contribution is 2.41. The van der Waals surface area contributed by atoms with Gasteiger partial charge in [0.2, 0.25) is 0 Å². The third kappa shape index (κ3) is 8.78. The second-order valence-electron chi connectivity index (χ2n) is 10.8. The van der Waals surface area contributed by atoms with Crippen LogP contribution in [0.1, 0.15) is 128 Å². The van der Waals surface area contributed by atoms with E-state index in [-0.39, 0.29) is 0 Å². The monoisotopic (exact) mass is 422 g/mol.